The van der Waals surface area contributed by atoms with Gasteiger partial charge in [-0.05, 0) is 49.9 Å². The lowest BCUT2D eigenvalue weighted by Gasteiger charge is -2.32. The van der Waals surface area contributed by atoms with E-state index in [0.29, 0.717) is 23.9 Å². The number of alkyl halides is 1. The maximum atomic E-state index is 12.0. The van der Waals surface area contributed by atoms with E-state index in [1.807, 2.05) is 26.0 Å². The van der Waals surface area contributed by atoms with E-state index >= 15 is 0 Å². The van der Waals surface area contributed by atoms with Gasteiger partial charge in [-0.25, -0.2) is 0 Å². The molecule has 24 heavy (non-hydrogen) atoms. The van der Waals surface area contributed by atoms with Crippen LogP contribution in [0.1, 0.15) is 24.0 Å². The van der Waals surface area contributed by atoms with Crippen molar-refractivity contribution in [2.45, 2.75) is 32.7 Å². The second-order valence-corrected chi connectivity index (χ2v) is 6.66. The number of hydrogen-bond donors (Lipinski definition) is 1. The van der Waals surface area contributed by atoms with Gasteiger partial charge >= 0.3 is 0 Å². The summed E-state index contributed by atoms with van der Waals surface area (Å²) in [6, 6.07) is 3.70. The zero-order valence-corrected chi connectivity index (χ0v) is 15.4. The number of benzene rings is 1. The van der Waals surface area contributed by atoms with E-state index < -0.39 is 0 Å². The van der Waals surface area contributed by atoms with Gasteiger partial charge in [0.2, 0.25) is 5.91 Å². The van der Waals surface area contributed by atoms with Crippen LogP contribution in [-0.4, -0.2) is 48.3 Å². The standard InChI is InChI=1S/C17H22Cl2N2O3/c1-11-7-14(8-12(2)17(11)19)24-10-15(22)20-13-3-5-21(6-4-13)16(23)9-18/h7-8,13H,3-6,9-10H2,1-2H3,(H,20,22). The Bertz CT molecular complexity index is 591. The van der Waals surface area contributed by atoms with Gasteiger partial charge in [-0.1, -0.05) is 11.6 Å². The zero-order valence-electron chi connectivity index (χ0n) is 13.9. The van der Waals surface area contributed by atoms with E-state index in [4.69, 9.17) is 27.9 Å². The third-order valence-corrected chi connectivity index (χ3v) is 4.93. The summed E-state index contributed by atoms with van der Waals surface area (Å²) in [6.45, 7) is 5.00. The van der Waals surface area contributed by atoms with Gasteiger partial charge in [0.25, 0.3) is 5.91 Å². The summed E-state index contributed by atoms with van der Waals surface area (Å²) >= 11 is 11.7. The number of likely N-dealkylation sites (tertiary alicyclic amines) is 1. The average molecular weight is 373 g/mol. The van der Waals surface area contributed by atoms with Crippen LogP contribution < -0.4 is 10.1 Å². The normalized spacial score (nSPS) is 15.2. The third kappa shape index (κ3) is 5.02. The summed E-state index contributed by atoms with van der Waals surface area (Å²) in [4.78, 5) is 25.3. The van der Waals surface area contributed by atoms with Gasteiger partial charge < -0.3 is 15.0 Å². The molecule has 0 spiro atoms. The predicted octanol–water partition coefficient (Wildman–Crippen LogP) is 2.68. The molecule has 1 heterocycles. The van der Waals surface area contributed by atoms with Crippen molar-refractivity contribution in [1.29, 1.82) is 0 Å². The molecular weight excluding hydrogens is 351 g/mol. The van der Waals surface area contributed by atoms with Crippen molar-refractivity contribution in [2.24, 2.45) is 0 Å². The Morgan fingerprint density at radius 2 is 1.83 bits per heavy atom. The number of ether oxygens (including phenoxy) is 1. The Kier molecular flexibility index (Phi) is 6.75. The molecule has 0 aliphatic carbocycles. The fourth-order valence-electron chi connectivity index (χ4n) is 2.77. The molecule has 0 atom stereocenters. The molecule has 1 aromatic rings. The number of rotatable bonds is 5. The molecule has 1 aliphatic heterocycles. The monoisotopic (exact) mass is 372 g/mol. The minimum atomic E-state index is -0.164. The van der Waals surface area contributed by atoms with Crippen molar-refractivity contribution in [3.05, 3.63) is 28.3 Å². The highest BCUT2D eigenvalue weighted by Gasteiger charge is 2.23. The molecule has 1 saturated heterocycles. The minimum absolute atomic E-state index is 0.00475. The summed E-state index contributed by atoms with van der Waals surface area (Å²) < 4.78 is 5.55. The zero-order chi connectivity index (χ0) is 17.7. The molecule has 132 valence electrons. The molecule has 7 heteroatoms. The van der Waals surface area contributed by atoms with Crippen molar-refractivity contribution in [2.75, 3.05) is 25.6 Å². The maximum Gasteiger partial charge on any atom is 0.258 e. The SMILES string of the molecule is Cc1cc(OCC(=O)NC2CCN(C(=O)CCl)CC2)cc(C)c1Cl. The van der Waals surface area contributed by atoms with Crippen LogP contribution >= 0.6 is 23.2 Å². The fraction of sp³-hybridized carbons (Fsp3) is 0.529. The number of halogens is 2. The molecule has 0 aromatic heterocycles. The lowest BCUT2D eigenvalue weighted by molar-refractivity contribution is -0.129. The predicted molar refractivity (Wildman–Crippen MR) is 94.9 cm³/mol. The Morgan fingerprint density at radius 1 is 1.25 bits per heavy atom. The number of piperidine rings is 1. The van der Waals surface area contributed by atoms with Crippen molar-refractivity contribution in [1.82, 2.24) is 10.2 Å². The van der Waals surface area contributed by atoms with Crippen LogP contribution in [0.4, 0.5) is 0 Å². The molecule has 0 unspecified atom stereocenters. The van der Waals surface area contributed by atoms with Crippen molar-refractivity contribution < 1.29 is 14.3 Å². The molecule has 0 radical (unpaired) electrons. The molecule has 0 saturated carbocycles. The van der Waals surface area contributed by atoms with Gasteiger partial charge in [-0.15, -0.1) is 11.6 Å². The van der Waals surface area contributed by atoms with Crippen LogP contribution in [0.25, 0.3) is 0 Å². The summed E-state index contributed by atoms with van der Waals surface area (Å²) in [5.74, 6) is 0.415. The summed E-state index contributed by atoms with van der Waals surface area (Å²) in [5, 5.41) is 3.66. The van der Waals surface area contributed by atoms with Crippen molar-refractivity contribution >= 4 is 35.0 Å². The van der Waals surface area contributed by atoms with E-state index in [1.165, 1.54) is 0 Å². The van der Waals surface area contributed by atoms with Gasteiger partial charge in [0.05, 0.1) is 0 Å². The molecule has 2 rings (SSSR count). The smallest absolute Gasteiger partial charge is 0.258 e. The van der Waals surface area contributed by atoms with Gasteiger partial charge in [0.15, 0.2) is 6.61 Å². The lowest BCUT2D eigenvalue weighted by Crippen LogP contribution is -2.47. The maximum absolute atomic E-state index is 12.0. The number of hydrogen-bond acceptors (Lipinski definition) is 3. The van der Waals surface area contributed by atoms with Crippen molar-refractivity contribution in [3.8, 4) is 5.75 Å². The number of carbonyl (C=O) groups is 2. The Balaban J connectivity index is 1.77. The van der Waals surface area contributed by atoms with Crippen LogP contribution in [0.3, 0.4) is 0 Å². The number of nitrogens with one attached hydrogen (secondary N) is 1. The van der Waals surface area contributed by atoms with Gasteiger partial charge in [0.1, 0.15) is 11.6 Å². The van der Waals surface area contributed by atoms with Crippen LogP contribution in [-0.2, 0) is 9.59 Å². The number of aryl methyl sites for hydroxylation is 2. The van der Waals surface area contributed by atoms with Crippen LogP contribution in [0.2, 0.25) is 5.02 Å². The number of amides is 2. The molecule has 0 bridgehead atoms. The topological polar surface area (TPSA) is 58.6 Å². The second kappa shape index (κ2) is 8.58. The quantitative estimate of drug-likeness (QED) is 0.808. The van der Waals surface area contributed by atoms with E-state index in [9.17, 15) is 9.59 Å². The largest absolute Gasteiger partial charge is 0.484 e. The molecule has 1 aromatic carbocycles. The Hall–Kier alpha value is -1.46. The molecule has 1 N–H and O–H groups in total. The van der Waals surface area contributed by atoms with E-state index in [2.05, 4.69) is 5.32 Å². The molecule has 1 fully saturated rings. The lowest BCUT2D eigenvalue weighted by atomic mass is 10.1. The molecule has 2 amide bonds. The molecule has 1 aliphatic rings. The number of carbonyl (C=O) groups excluding carboxylic acids is 2. The van der Waals surface area contributed by atoms with Crippen molar-refractivity contribution in [3.63, 3.8) is 0 Å². The van der Waals surface area contributed by atoms with Crippen LogP contribution in [0.5, 0.6) is 5.75 Å². The average Bonchev–Trinajstić information content (AvgIpc) is 2.57. The minimum Gasteiger partial charge on any atom is -0.484 e. The van der Waals surface area contributed by atoms with Crippen LogP contribution in [0.15, 0.2) is 12.1 Å². The first-order valence-corrected chi connectivity index (χ1v) is 8.84. The first kappa shape index (κ1) is 18.9. The number of nitrogens with zero attached hydrogens (tertiary/aromatic N) is 1. The van der Waals surface area contributed by atoms with E-state index in [-0.39, 0.29) is 30.3 Å². The second-order valence-electron chi connectivity index (χ2n) is 6.02. The van der Waals surface area contributed by atoms with E-state index in [0.717, 1.165) is 24.0 Å². The summed E-state index contributed by atoms with van der Waals surface area (Å²) in [7, 11) is 0. The van der Waals surface area contributed by atoms with Crippen LogP contribution in [0, 0.1) is 13.8 Å². The highest BCUT2D eigenvalue weighted by molar-refractivity contribution is 6.32. The highest BCUT2D eigenvalue weighted by atomic mass is 35.5. The van der Waals surface area contributed by atoms with E-state index in [1.54, 1.807) is 4.90 Å². The summed E-state index contributed by atoms with van der Waals surface area (Å²) in [6.07, 6.45) is 1.46. The first-order chi connectivity index (χ1) is 11.4. The van der Waals surface area contributed by atoms with Gasteiger partial charge in [-0.2, -0.15) is 0 Å². The first-order valence-electron chi connectivity index (χ1n) is 7.93. The van der Waals surface area contributed by atoms with Gasteiger partial charge in [-0.3, -0.25) is 9.59 Å². The Morgan fingerprint density at radius 3 is 2.38 bits per heavy atom. The fourth-order valence-corrected chi connectivity index (χ4v) is 3.04. The Labute approximate surface area is 152 Å². The molecular formula is C17H22Cl2N2O3. The summed E-state index contributed by atoms with van der Waals surface area (Å²) in [5.41, 5.74) is 1.84. The highest BCUT2D eigenvalue weighted by Crippen LogP contribution is 2.25. The third-order valence-electron chi connectivity index (χ3n) is 4.11. The molecule has 5 nitrogen and oxygen atoms in total. The van der Waals surface area contributed by atoms with Gasteiger partial charge in [0, 0.05) is 24.2 Å².